The van der Waals surface area contributed by atoms with Gasteiger partial charge in [0.1, 0.15) is 5.75 Å². The Hall–Kier alpha value is -3.24. The van der Waals surface area contributed by atoms with Gasteiger partial charge in [-0.2, -0.15) is 0 Å². The van der Waals surface area contributed by atoms with Crippen LogP contribution in [0.25, 0.3) is 10.9 Å². The number of fused-ring (bicyclic) bond motifs is 1. The minimum absolute atomic E-state index is 0.0819. The Balaban J connectivity index is 1.61. The van der Waals surface area contributed by atoms with Crippen LogP contribution < -0.4 is 10.1 Å². The van der Waals surface area contributed by atoms with Gasteiger partial charge in [0.2, 0.25) is 0 Å². The largest absolute Gasteiger partial charge is 0.494 e. The molecule has 5 heteroatoms. The van der Waals surface area contributed by atoms with E-state index in [0.717, 1.165) is 27.8 Å². The molecule has 0 bridgehead atoms. The smallest absolute Gasteiger partial charge is 0.251 e. The summed E-state index contributed by atoms with van der Waals surface area (Å²) in [5, 5.41) is 4.88. The van der Waals surface area contributed by atoms with Crippen LogP contribution in [-0.2, 0) is 0 Å². The van der Waals surface area contributed by atoms with Crippen molar-refractivity contribution < 1.29 is 9.53 Å². The summed E-state index contributed by atoms with van der Waals surface area (Å²) in [5.41, 5.74) is 3.74. The number of para-hydroxylation sites is 1. The minimum atomic E-state index is -0.130. The molecule has 0 aliphatic carbocycles. The zero-order valence-corrected chi connectivity index (χ0v) is 17.4. The van der Waals surface area contributed by atoms with Gasteiger partial charge >= 0.3 is 0 Å². The van der Waals surface area contributed by atoms with Gasteiger partial charge in [0.05, 0.1) is 6.61 Å². The number of aromatic amines is 1. The predicted octanol–water partition coefficient (Wildman–Crippen LogP) is 5.78. The molecule has 0 aliphatic heterocycles. The highest BCUT2D eigenvalue weighted by atomic mass is 35.5. The van der Waals surface area contributed by atoms with E-state index in [1.165, 1.54) is 0 Å². The Bertz CT molecular complexity index is 1150. The first-order valence-electron chi connectivity index (χ1n) is 9.99. The van der Waals surface area contributed by atoms with E-state index in [1.54, 1.807) is 12.1 Å². The van der Waals surface area contributed by atoms with E-state index in [9.17, 15) is 4.79 Å². The highest BCUT2D eigenvalue weighted by Gasteiger charge is 2.21. The number of aromatic nitrogens is 1. The van der Waals surface area contributed by atoms with Crippen molar-refractivity contribution in [1.29, 1.82) is 0 Å². The summed E-state index contributed by atoms with van der Waals surface area (Å²) in [5.74, 6) is 0.540. The molecule has 152 valence electrons. The summed E-state index contributed by atoms with van der Waals surface area (Å²) in [6, 6.07) is 23.1. The third-order valence-electron chi connectivity index (χ3n) is 5.17. The van der Waals surface area contributed by atoms with E-state index >= 15 is 0 Å². The first-order valence-corrected chi connectivity index (χ1v) is 10.4. The number of ether oxygens (including phenoxy) is 1. The maximum atomic E-state index is 12.8. The fourth-order valence-corrected chi connectivity index (χ4v) is 3.96. The third-order valence-corrected chi connectivity index (χ3v) is 5.52. The molecule has 4 rings (SSSR count). The van der Waals surface area contributed by atoms with Gasteiger partial charge in [0.25, 0.3) is 5.91 Å². The number of hydrogen-bond donors (Lipinski definition) is 2. The topological polar surface area (TPSA) is 54.1 Å². The first-order chi connectivity index (χ1) is 14.7. The number of rotatable bonds is 7. The summed E-state index contributed by atoms with van der Waals surface area (Å²) >= 11 is 6.53. The number of carbonyl (C=O) groups is 1. The summed E-state index contributed by atoms with van der Waals surface area (Å²) < 4.78 is 5.45. The molecule has 1 atom stereocenters. The molecule has 1 aromatic heterocycles. The molecule has 3 aromatic carbocycles. The molecule has 0 spiro atoms. The van der Waals surface area contributed by atoms with Crippen molar-refractivity contribution in [2.75, 3.05) is 13.2 Å². The minimum Gasteiger partial charge on any atom is -0.494 e. The van der Waals surface area contributed by atoms with Crippen LogP contribution in [0.4, 0.5) is 0 Å². The van der Waals surface area contributed by atoms with Crippen molar-refractivity contribution >= 4 is 28.4 Å². The molecular formula is C25H23ClN2O2. The third kappa shape index (κ3) is 4.19. The molecule has 4 aromatic rings. The second-order valence-electron chi connectivity index (χ2n) is 7.03. The first kappa shape index (κ1) is 20.0. The molecule has 0 saturated heterocycles. The van der Waals surface area contributed by atoms with E-state index in [4.69, 9.17) is 16.3 Å². The number of nitrogens with one attached hydrogen (secondary N) is 2. The van der Waals surface area contributed by atoms with Gasteiger partial charge in [0, 0.05) is 40.1 Å². The van der Waals surface area contributed by atoms with E-state index < -0.39 is 0 Å². The fraction of sp³-hybridized carbons (Fsp3) is 0.160. The lowest BCUT2D eigenvalue weighted by Gasteiger charge is -2.19. The van der Waals surface area contributed by atoms with E-state index in [-0.39, 0.29) is 11.8 Å². The lowest BCUT2D eigenvalue weighted by Crippen LogP contribution is -2.29. The zero-order chi connectivity index (χ0) is 20.9. The van der Waals surface area contributed by atoms with Crippen LogP contribution in [0.2, 0.25) is 5.02 Å². The van der Waals surface area contributed by atoms with Crippen LogP contribution >= 0.6 is 11.6 Å². The van der Waals surface area contributed by atoms with Crippen molar-refractivity contribution in [3.05, 3.63) is 101 Å². The summed E-state index contributed by atoms with van der Waals surface area (Å²) in [4.78, 5) is 16.1. The second kappa shape index (κ2) is 9.06. The molecule has 0 fully saturated rings. The van der Waals surface area contributed by atoms with Crippen molar-refractivity contribution in [2.24, 2.45) is 0 Å². The SMILES string of the molecule is CCOc1ccc(C(=O)NCC(c2ccccc2Cl)c2c[nH]c3ccccc23)cc1. The quantitative estimate of drug-likeness (QED) is 0.399. The molecule has 1 unspecified atom stereocenters. The van der Waals surface area contributed by atoms with Crippen LogP contribution in [0.5, 0.6) is 5.75 Å². The Kier molecular flexibility index (Phi) is 6.05. The number of hydrogen-bond acceptors (Lipinski definition) is 2. The van der Waals surface area contributed by atoms with Gasteiger partial charge in [-0.15, -0.1) is 0 Å². The Morgan fingerprint density at radius 2 is 1.73 bits per heavy atom. The van der Waals surface area contributed by atoms with Crippen LogP contribution in [0.3, 0.4) is 0 Å². The van der Waals surface area contributed by atoms with E-state index in [2.05, 4.69) is 16.4 Å². The standard InChI is InChI=1S/C25H23ClN2O2/c1-2-30-18-13-11-17(12-14-18)25(29)28-16-21(19-7-3-5-9-23(19)26)22-15-27-24-10-6-4-8-20(22)24/h3-15,21,27H,2,16H2,1H3,(H,28,29). The van der Waals surface area contributed by atoms with E-state index in [1.807, 2.05) is 67.7 Å². The molecule has 0 aliphatic rings. The number of benzene rings is 3. The van der Waals surface area contributed by atoms with E-state index in [0.29, 0.717) is 23.7 Å². The monoisotopic (exact) mass is 418 g/mol. The molecule has 2 N–H and O–H groups in total. The number of amides is 1. The van der Waals surface area contributed by atoms with Crippen LogP contribution in [-0.4, -0.2) is 24.0 Å². The van der Waals surface area contributed by atoms with Crippen molar-refractivity contribution in [3.63, 3.8) is 0 Å². The molecule has 0 saturated carbocycles. The van der Waals surface area contributed by atoms with Gasteiger partial charge in [-0.25, -0.2) is 0 Å². The number of carbonyl (C=O) groups excluding carboxylic acids is 1. The Labute approximate surface area is 180 Å². The van der Waals surface area contributed by atoms with Crippen molar-refractivity contribution in [3.8, 4) is 5.75 Å². The second-order valence-corrected chi connectivity index (χ2v) is 7.44. The summed E-state index contributed by atoms with van der Waals surface area (Å²) in [7, 11) is 0. The van der Waals surface area contributed by atoms with Crippen LogP contribution in [0.1, 0.15) is 34.3 Å². The van der Waals surface area contributed by atoms with Gasteiger partial charge in [0.15, 0.2) is 0 Å². The molecule has 0 radical (unpaired) electrons. The Morgan fingerprint density at radius 3 is 2.50 bits per heavy atom. The average molecular weight is 419 g/mol. The maximum Gasteiger partial charge on any atom is 0.251 e. The average Bonchev–Trinajstić information content (AvgIpc) is 3.20. The molecule has 1 heterocycles. The summed E-state index contributed by atoms with van der Waals surface area (Å²) in [6.45, 7) is 2.95. The predicted molar refractivity (Wildman–Crippen MR) is 122 cm³/mol. The van der Waals surface area contributed by atoms with Crippen LogP contribution in [0, 0.1) is 0 Å². The lowest BCUT2D eigenvalue weighted by molar-refractivity contribution is 0.0952. The van der Waals surface area contributed by atoms with Gasteiger partial charge < -0.3 is 15.0 Å². The van der Waals surface area contributed by atoms with Gasteiger partial charge in [-0.3, -0.25) is 4.79 Å². The summed E-state index contributed by atoms with van der Waals surface area (Å²) in [6.07, 6.45) is 2.00. The fourth-order valence-electron chi connectivity index (χ4n) is 3.69. The van der Waals surface area contributed by atoms with Gasteiger partial charge in [-0.05, 0) is 54.4 Å². The molecule has 1 amide bonds. The zero-order valence-electron chi connectivity index (χ0n) is 16.7. The van der Waals surface area contributed by atoms with Crippen molar-refractivity contribution in [2.45, 2.75) is 12.8 Å². The highest BCUT2D eigenvalue weighted by Crippen LogP contribution is 2.34. The van der Waals surface area contributed by atoms with Crippen LogP contribution in [0.15, 0.2) is 79.0 Å². The maximum absolute atomic E-state index is 12.8. The van der Waals surface area contributed by atoms with Gasteiger partial charge in [-0.1, -0.05) is 48.0 Å². The molecule has 4 nitrogen and oxygen atoms in total. The highest BCUT2D eigenvalue weighted by molar-refractivity contribution is 6.31. The Morgan fingerprint density at radius 1 is 1.00 bits per heavy atom. The normalized spacial score (nSPS) is 11.9. The molecular weight excluding hydrogens is 396 g/mol. The van der Waals surface area contributed by atoms with Crippen molar-refractivity contribution in [1.82, 2.24) is 10.3 Å². The number of halogens is 1. The molecule has 30 heavy (non-hydrogen) atoms. The lowest BCUT2D eigenvalue weighted by atomic mass is 9.90. The number of H-pyrrole nitrogens is 1.